The van der Waals surface area contributed by atoms with Crippen LogP contribution in [0, 0.1) is 0 Å². The minimum Gasteiger partial charge on any atom is -0.489 e. The fraction of sp³-hybridized carbons (Fsp3) is 0.273. The van der Waals surface area contributed by atoms with E-state index in [2.05, 4.69) is 24.1 Å². The normalized spacial score (nSPS) is 15.2. The molecule has 0 aliphatic carbocycles. The monoisotopic (exact) mass is 379 g/mol. The van der Waals surface area contributed by atoms with Crippen LogP contribution in [-0.4, -0.2) is 15.5 Å². The van der Waals surface area contributed by atoms with Crippen molar-refractivity contribution in [3.05, 3.63) is 76.6 Å². The Hall–Kier alpha value is -2.43. The first kappa shape index (κ1) is 18.0. The predicted octanol–water partition coefficient (Wildman–Crippen LogP) is 4.80. The topological polar surface area (TPSA) is 47.0 Å². The lowest BCUT2D eigenvalue weighted by Crippen LogP contribution is -2.44. The fourth-order valence-electron chi connectivity index (χ4n) is 3.15. The number of benzene rings is 2. The van der Waals surface area contributed by atoms with Gasteiger partial charge in [0.05, 0.1) is 5.69 Å². The molecule has 1 aliphatic rings. The molecule has 0 saturated carbocycles. The molecule has 0 unspecified atom stereocenters. The Morgan fingerprint density at radius 2 is 1.81 bits per heavy atom. The second-order valence-corrected chi connectivity index (χ2v) is 7.96. The van der Waals surface area contributed by atoms with Crippen LogP contribution in [0.4, 0.5) is 0 Å². The molecule has 0 spiro atoms. The van der Waals surface area contributed by atoms with Crippen LogP contribution in [-0.2, 0) is 19.6 Å². The molecule has 4 rings (SSSR count). The maximum absolute atomic E-state index is 5.91. The van der Waals surface area contributed by atoms with Crippen molar-refractivity contribution in [2.75, 3.05) is 0 Å². The zero-order chi connectivity index (χ0) is 18.9. The summed E-state index contributed by atoms with van der Waals surface area (Å²) in [5.41, 5.74) is 4.45. The van der Waals surface area contributed by atoms with Crippen LogP contribution >= 0.6 is 11.6 Å². The molecule has 0 amide bonds. The van der Waals surface area contributed by atoms with Gasteiger partial charge in [0, 0.05) is 40.9 Å². The maximum atomic E-state index is 5.91. The lowest BCUT2D eigenvalue weighted by Gasteiger charge is -2.31. The summed E-state index contributed by atoms with van der Waals surface area (Å²) in [6.45, 7) is 5.73. The molecule has 1 aromatic heterocycles. The smallest absolute Gasteiger partial charge is 0.159 e. The van der Waals surface area contributed by atoms with Crippen molar-refractivity contribution < 1.29 is 4.74 Å². The van der Waals surface area contributed by atoms with Crippen molar-refractivity contribution in [3.8, 4) is 17.1 Å². The van der Waals surface area contributed by atoms with E-state index in [1.54, 1.807) is 0 Å². The molecule has 5 heteroatoms. The van der Waals surface area contributed by atoms with Crippen LogP contribution in [0.5, 0.6) is 5.75 Å². The van der Waals surface area contributed by atoms with Gasteiger partial charge >= 0.3 is 0 Å². The van der Waals surface area contributed by atoms with E-state index in [1.165, 1.54) is 5.56 Å². The molecular weight excluding hydrogens is 358 g/mol. The van der Waals surface area contributed by atoms with Crippen molar-refractivity contribution in [2.45, 2.75) is 39.0 Å². The standard InChI is InChI=1S/C22H22ClN3O/c1-22(2)11-20-17(13-25-22)12-24-21(26-20)16-5-9-19(10-6-16)27-14-15-3-7-18(23)8-4-15/h3-10,12,25H,11,13-14H2,1-2H3. The number of nitrogens with one attached hydrogen (secondary N) is 1. The molecule has 2 aromatic carbocycles. The average molecular weight is 380 g/mol. The van der Waals surface area contributed by atoms with Gasteiger partial charge in [0.25, 0.3) is 0 Å². The highest BCUT2D eigenvalue weighted by Gasteiger charge is 2.26. The van der Waals surface area contributed by atoms with Crippen molar-refractivity contribution in [2.24, 2.45) is 0 Å². The Balaban J connectivity index is 1.47. The largest absolute Gasteiger partial charge is 0.489 e. The Kier molecular flexibility index (Phi) is 4.85. The van der Waals surface area contributed by atoms with Gasteiger partial charge in [-0.3, -0.25) is 0 Å². The molecule has 0 fully saturated rings. The maximum Gasteiger partial charge on any atom is 0.159 e. The van der Waals surface area contributed by atoms with Crippen LogP contribution in [0.1, 0.15) is 30.7 Å². The Morgan fingerprint density at radius 3 is 2.56 bits per heavy atom. The zero-order valence-corrected chi connectivity index (χ0v) is 16.3. The van der Waals surface area contributed by atoms with Crippen molar-refractivity contribution in [1.29, 1.82) is 0 Å². The van der Waals surface area contributed by atoms with E-state index < -0.39 is 0 Å². The van der Waals surface area contributed by atoms with Gasteiger partial charge in [0.1, 0.15) is 12.4 Å². The highest BCUT2D eigenvalue weighted by molar-refractivity contribution is 6.30. The Bertz CT molecular complexity index is 937. The van der Waals surface area contributed by atoms with Gasteiger partial charge in [0.15, 0.2) is 5.82 Å². The van der Waals surface area contributed by atoms with Gasteiger partial charge in [0.2, 0.25) is 0 Å². The molecule has 0 radical (unpaired) electrons. The van der Waals surface area contributed by atoms with E-state index in [1.807, 2.05) is 54.7 Å². The minimum absolute atomic E-state index is 0.0674. The molecular formula is C22H22ClN3O. The lowest BCUT2D eigenvalue weighted by molar-refractivity contribution is 0.306. The van der Waals surface area contributed by atoms with E-state index >= 15 is 0 Å². The summed E-state index contributed by atoms with van der Waals surface area (Å²) in [6.07, 6.45) is 2.84. The first-order valence-electron chi connectivity index (χ1n) is 9.06. The Labute approximate surface area is 164 Å². The molecule has 4 nitrogen and oxygen atoms in total. The van der Waals surface area contributed by atoms with E-state index in [4.69, 9.17) is 21.3 Å². The summed E-state index contributed by atoms with van der Waals surface area (Å²) in [7, 11) is 0. The van der Waals surface area contributed by atoms with Crippen LogP contribution in [0.15, 0.2) is 54.7 Å². The average Bonchev–Trinajstić information content (AvgIpc) is 2.67. The van der Waals surface area contributed by atoms with E-state index in [0.717, 1.165) is 46.4 Å². The van der Waals surface area contributed by atoms with E-state index in [-0.39, 0.29) is 5.54 Å². The van der Waals surface area contributed by atoms with Gasteiger partial charge < -0.3 is 10.1 Å². The molecule has 1 aliphatic heterocycles. The van der Waals surface area contributed by atoms with Crippen molar-refractivity contribution in [1.82, 2.24) is 15.3 Å². The second kappa shape index (κ2) is 7.29. The third-order valence-corrected chi connectivity index (χ3v) is 5.00. The number of halogens is 1. The molecule has 27 heavy (non-hydrogen) atoms. The fourth-order valence-corrected chi connectivity index (χ4v) is 3.27. The number of rotatable bonds is 4. The summed E-state index contributed by atoms with van der Waals surface area (Å²) in [4.78, 5) is 9.34. The van der Waals surface area contributed by atoms with Gasteiger partial charge in [-0.25, -0.2) is 9.97 Å². The molecule has 0 saturated heterocycles. The summed E-state index contributed by atoms with van der Waals surface area (Å²) in [5, 5.41) is 4.24. The first-order valence-corrected chi connectivity index (χ1v) is 9.44. The van der Waals surface area contributed by atoms with Crippen LogP contribution < -0.4 is 10.1 Å². The third kappa shape index (κ3) is 4.29. The van der Waals surface area contributed by atoms with Crippen LogP contribution in [0.3, 0.4) is 0 Å². The van der Waals surface area contributed by atoms with Gasteiger partial charge in [-0.1, -0.05) is 23.7 Å². The molecule has 0 atom stereocenters. The van der Waals surface area contributed by atoms with E-state index in [0.29, 0.717) is 6.61 Å². The highest BCUT2D eigenvalue weighted by atomic mass is 35.5. The van der Waals surface area contributed by atoms with E-state index in [9.17, 15) is 0 Å². The lowest BCUT2D eigenvalue weighted by atomic mass is 9.92. The van der Waals surface area contributed by atoms with Gasteiger partial charge in [-0.05, 0) is 55.8 Å². The summed E-state index contributed by atoms with van der Waals surface area (Å²) in [6, 6.07) is 15.6. The molecule has 1 N–H and O–H groups in total. The second-order valence-electron chi connectivity index (χ2n) is 7.52. The zero-order valence-electron chi connectivity index (χ0n) is 15.5. The van der Waals surface area contributed by atoms with Gasteiger partial charge in [-0.2, -0.15) is 0 Å². The number of aromatic nitrogens is 2. The first-order chi connectivity index (χ1) is 13.0. The molecule has 2 heterocycles. The summed E-state index contributed by atoms with van der Waals surface area (Å²) < 4.78 is 5.85. The quantitative estimate of drug-likeness (QED) is 0.707. The molecule has 138 valence electrons. The molecule has 0 bridgehead atoms. The van der Waals surface area contributed by atoms with Crippen molar-refractivity contribution in [3.63, 3.8) is 0 Å². The number of nitrogens with zero attached hydrogens (tertiary/aromatic N) is 2. The predicted molar refractivity (Wildman–Crippen MR) is 108 cm³/mol. The number of hydrogen-bond donors (Lipinski definition) is 1. The third-order valence-electron chi connectivity index (χ3n) is 4.75. The number of ether oxygens (including phenoxy) is 1. The highest BCUT2D eigenvalue weighted by Crippen LogP contribution is 2.25. The molecule has 3 aromatic rings. The summed E-state index contributed by atoms with van der Waals surface area (Å²) in [5.74, 6) is 1.58. The van der Waals surface area contributed by atoms with Crippen LogP contribution in [0.2, 0.25) is 5.02 Å². The van der Waals surface area contributed by atoms with Gasteiger partial charge in [-0.15, -0.1) is 0 Å². The van der Waals surface area contributed by atoms with Crippen LogP contribution in [0.25, 0.3) is 11.4 Å². The number of hydrogen-bond acceptors (Lipinski definition) is 4. The SMILES string of the molecule is CC1(C)Cc2nc(-c3ccc(OCc4ccc(Cl)cc4)cc3)ncc2CN1. The van der Waals surface area contributed by atoms with Crippen molar-refractivity contribution >= 4 is 11.6 Å². The minimum atomic E-state index is 0.0674. The number of fused-ring (bicyclic) bond motifs is 1. The summed E-state index contributed by atoms with van der Waals surface area (Å²) >= 11 is 5.91. The Morgan fingerprint density at radius 1 is 1.07 bits per heavy atom.